The van der Waals surface area contributed by atoms with Gasteiger partial charge in [-0.1, -0.05) is 79.6 Å². The lowest BCUT2D eigenvalue weighted by molar-refractivity contribution is 0.104. The van der Waals surface area contributed by atoms with E-state index in [1.54, 1.807) is 0 Å². The van der Waals surface area contributed by atoms with Crippen molar-refractivity contribution in [2.24, 2.45) is 0 Å². The number of fused-ring (bicyclic) bond motifs is 6. The minimum absolute atomic E-state index is 0.0347. The molecule has 1 heteroatoms. The largest absolute Gasteiger partial charge is 0.289 e. The Bertz CT molecular complexity index is 1440. The average molecular weight is 401 g/mol. The fourth-order valence-electron chi connectivity index (χ4n) is 5.40. The van der Waals surface area contributed by atoms with Crippen LogP contribution in [-0.2, 0) is 5.41 Å². The van der Waals surface area contributed by atoms with Crippen molar-refractivity contribution in [3.05, 3.63) is 106 Å². The first-order valence-corrected chi connectivity index (χ1v) is 10.9. The number of ketones is 1. The van der Waals surface area contributed by atoms with Gasteiger partial charge in [0.1, 0.15) is 0 Å². The number of aryl methyl sites for hydroxylation is 2. The van der Waals surface area contributed by atoms with Gasteiger partial charge < -0.3 is 0 Å². The van der Waals surface area contributed by atoms with Gasteiger partial charge in [0.2, 0.25) is 0 Å². The summed E-state index contributed by atoms with van der Waals surface area (Å²) in [7, 11) is 0. The maximum atomic E-state index is 13.1. The zero-order valence-corrected chi connectivity index (χ0v) is 18.3. The second kappa shape index (κ2) is 6.04. The zero-order valence-electron chi connectivity index (χ0n) is 18.3. The van der Waals surface area contributed by atoms with Gasteiger partial charge in [-0.05, 0) is 76.6 Å². The van der Waals surface area contributed by atoms with Crippen molar-refractivity contribution in [1.29, 1.82) is 0 Å². The molecule has 0 saturated heterocycles. The maximum Gasteiger partial charge on any atom is 0.194 e. The Morgan fingerprint density at radius 3 is 1.71 bits per heavy atom. The van der Waals surface area contributed by atoms with Gasteiger partial charge >= 0.3 is 0 Å². The minimum atomic E-state index is -0.0347. The quantitative estimate of drug-likeness (QED) is 0.285. The molecule has 2 aliphatic rings. The number of hydrogen-bond acceptors (Lipinski definition) is 1. The molecule has 0 bridgehead atoms. The summed E-state index contributed by atoms with van der Waals surface area (Å²) >= 11 is 0. The fraction of sp³-hybridized carbons (Fsp3) is 0.167. The Morgan fingerprint density at radius 2 is 1.00 bits per heavy atom. The number of hydrogen-bond donors (Lipinski definition) is 0. The van der Waals surface area contributed by atoms with Crippen LogP contribution in [0.4, 0.5) is 0 Å². The number of rotatable bonds is 1. The van der Waals surface area contributed by atoms with Gasteiger partial charge in [0.05, 0.1) is 0 Å². The summed E-state index contributed by atoms with van der Waals surface area (Å²) in [6.07, 6.45) is 0. The smallest absolute Gasteiger partial charge is 0.194 e. The summed E-state index contributed by atoms with van der Waals surface area (Å²) in [5.74, 6) is 0.139. The Hall–Kier alpha value is -3.45. The van der Waals surface area contributed by atoms with Gasteiger partial charge in [-0.25, -0.2) is 0 Å². The van der Waals surface area contributed by atoms with Crippen molar-refractivity contribution < 1.29 is 4.79 Å². The van der Waals surface area contributed by atoms with Crippen LogP contribution in [0.1, 0.15) is 52.0 Å². The summed E-state index contributed by atoms with van der Waals surface area (Å²) in [6, 6.07) is 26.1. The summed E-state index contributed by atoms with van der Waals surface area (Å²) in [4.78, 5) is 13.1. The van der Waals surface area contributed by atoms with E-state index >= 15 is 0 Å². The monoisotopic (exact) mass is 400 g/mol. The van der Waals surface area contributed by atoms with Crippen molar-refractivity contribution in [3.63, 3.8) is 0 Å². The lowest BCUT2D eigenvalue weighted by Crippen LogP contribution is -2.15. The molecule has 0 atom stereocenters. The van der Waals surface area contributed by atoms with Crippen LogP contribution in [0, 0.1) is 13.8 Å². The third kappa shape index (κ3) is 2.47. The molecule has 0 fully saturated rings. The topological polar surface area (TPSA) is 17.1 Å². The van der Waals surface area contributed by atoms with Crippen LogP contribution in [0.3, 0.4) is 0 Å². The second-order valence-corrected chi connectivity index (χ2v) is 9.57. The average Bonchev–Trinajstić information content (AvgIpc) is 3.16. The Kier molecular flexibility index (Phi) is 3.57. The Balaban J connectivity index is 1.47. The molecule has 4 aromatic carbocycles. The highest BCUT2D eigenvalue weighted by Crippen LogP contribution is 2.50. The van der Waals surface area contributed by atoms with E-state index in [0.717, 1.165) is 33.4 Å². The normalized spacial score (nSPS) is 14.8. The van der Waals surface area contributed by atoms with E-state index in [1.165, 1.54) is 33.4 Å². The highest BCUT2D eigenvalue weighted by molar-refractivity contribution is 6.22. The first-order valence-electron chi connectivity index (χ1n) is 10.9. The standard InChI is InChI=1S/C30H24O/c1-17-5-9-21-22-11-7-19(15-26(22)29(31)25(21)13-17)20-8-12-24-23-10-6-18(2)14-27(23)30(3,4)28(24)16-20/h5-16H,1-4H3. The van der Waals surface area contributed by atoms with E-state index in [-0.39, 0.29) is 11.2 Å². The van der Waals surface area contributed by atoms with Crippen LogP contribution < -0.4 is 0 Å². The highest BCUT2D eigenvalue weighted by atomic mass is 16.1. The van der Waals surface area contributed by atoms with Crippen LogP contribution in [0.15, 0.2) is 72.8 Å². The predicted molar refractivity (Wildman–Crippen MR) is 128 cm³/mol. The van der Waals surface area contributed by atoms with Crippen molar-refractivity contribution in [2.75, 3.05) is 0 Å². The number of benzene rings is 4. The first kappa shape index (κ1) is 18.3. The molecule has 0 radical (unpaired) electrons. The van der Waals surface area contributed by atoms with Gasteiger partial charge in [0.25, 0.3) is 0 Å². The molecule has 0 heterocycles. The summed E-state index contributed by atoms with van der Waals surface area (Å²) < 4.78 is 0. The van der Waals surface area contributed by atoms with E-state index in [4.69, 9.17) is 0 Å². The third-order valence-corrected chi connectivity index (χ3v) is 7.14. The second-order valence-electron chi connectivity index (χ2n) is 9.57. The predicted octanol–water partition coefficient (Wildman–Crippen LogP) is 7.49. The molecule has 4 aromatic rings. The molecular formula is C30H24O. The lowest BCUT2D eigenvalue weighted by atomic mass is 9.81. The summed E-state index contributed by atoms with van der Waals surface area (Å²) in [5, 5.41) is 0. The minimum Gasteiger partial charge on any atom is -0.289 e. The molecular weight excluding hydrogens is 376 g/mol. The molecule has 0 unspecified atom stereocenters. The molecule has 0 aliphatic heterocycles. The number of carbonyl (C=O) groups excluding carboxylic acids is 1. The van der Waals surface area contributed by atoms with Gasteiger partial charge in [-0.15, -0.1) is 0 Å². The molecule has 6 rings (SSSR count). The molecule has 0 spiro atoms. The molecule has 0 N–H and O–H groups in total. The van der Waals surface area contributed by atoms with Crippen molar-refractivity contribution >= 4 is 5.78 Å². The van der Waals surface area contributed by atoms with E-state index in [2.05, 4.69) is 87.5 Å². The lowest BCUT2D eigenvalue weighted by Gasteiger charge is -2.22. The molecule has 1 nitrogen and oxygen atoms in total. The number of carbonyl (C=O) groups is 1. The summed E-state index contributed by atoms with van der Waals surface area (Å²) in [6.45, 7) is 8.82. The fourth-order valence-corrected chi connectivity index (χ4v) is 5.40. The molecule has 0 saturated carbocycles. The van der Waals surface area contributed by atoms with E-state index < -0.39 is 0 Å². The van der Waals surface area contributed by atoms with E-state index in [0.29, 0.717) is 0 Å². The van der Waals surface area contributed by atoms with Crippen LogP contribution in [0.5, 0.6) is 0 Å². The van der Waals surface area contributed by atoms with Crippen LogP contribution in [0.25, 0.3) is 33.4 Å². The Morgan fingerprint density at radius 1 is 0.516 bits per heavy atom. The van der Waals surface area contributed by atoms with Crippen LogP contribution in [0.2, 0.25) is 0 Å². The molecule has 150 valence electrons. The van der Waals surface area contributed by atoms with Gasteiger partial charge in [-0.2, -0.15) is 0 Å². The molecule has 0 aromatic heterocycles. The third-order valence-electron chi connectivity index (χ3n) is 7.14. The van der Waals surface area contributed by atoms with Gasteiger partial charge in [0.15, 0.2) is 5.78 Å². The maximum absolute atomic E-state index is 13.1. The van der Waals surface area contributed by atoms with Gasteiger partial charge in [-0.3, -0.25) is 4.79 Å². The van der Waals surface area contributed by atoms with Crippen molar-refractivity contribution in [1.82, 2.24) is 0 Å². The van der Waals surface area contributed by atoms with Crippen LogP contribution in [-0.4, -0.2) is 5.78 Å². The van der Waals surface area contributed by atoms with E-state index in [1.807, 2.05) is 13.0 Å². The Labute approximate surface area is 183 Å². The SMILES string of the molecule is Cc1ccc2c(c1)C(=O)c1cc(-c3ccc4c(c3)C(C)(C)c3cc(C)ccc3-4)ccc1-2. The van der Waals surface area contributed by atoms with Gasteiger partial charge in [0, 0.05) is 16.5 Å². The highest BCUT2D eigenvalue weighted by Gasteiger charge is 2.35. The molecule has 0 amide bonds. The van der Waals surface area contributed by atoms with Crippen LogP contribution >= 0.6 is 0 Å². The van der Waals surface area contributed by atoms with Crippen molar-refractivity contribution in [2.45, 2.75) is 33.1 Å². The zero-order chi connectivity index (χ0) is 21.5. The van der Waals surface area contributed by atoms with E-state index in [9.17, 15) is 4.79 Å². The molecule has 2 aliphatic carbocycles. The first-order chi connectivity index (χ1) is 14.8. The van der Waals surface area contributed by atoms with Crippen molar-refractivity contribution in [3.8, 4) is 33.4 Å². The summed E-state index contributed by atoms with van der Waals surface area (Å²) in [5.41, 5.74) is 13.8. The molecule has 31 heavy (non-hydrogen) atoms.